The van der Waals surface area contributed by atoms with Gasteiger partial charge in [0.2, 0.25) is 0 Å². The first-order valence-electron chi connectivity index (χ1n) is 8.36. The Kier molecular flexibility index (Phi) is 5.52. The molecule has 6 nitrogen and oxygen atoms in total. The number of halogens is 4. The minimum Gasteiger partial charge on any atom is -0.488 e. The van der Waals surface area contributed by atoms with Gasteiger partial charge in [0.05, 0.1) is 11.3 Å². The van der Waals surface area contributed by atoms with Crippen LogP contribution in [-0.4, -0.2) is 19.8 Å². The number of allylic oxidation sites excluding steroid dienone is 1. The molecule has 0 saturated carbocycles. The molecule has 152 valence electrons. The fraction of sp³-hybridized carbons (Fsp3) is 0.211. The molecule has 0 aliphatic heterocycles. The number of hydrogen-bond donors (Lipinski definition) is 0. The molecule has 2 aromatic carbocycles. The maximum absolute atomic E-state index is 13.3. The lowest BCUT2D eigenvalue weighted by Gasteiger charge is -2.18. The topological polar surface area (TPSA) is 61.9 Å². The van der Waals surface area contributed by atoms with Crippen LogP contribution in [0.4, 0.5) is 13.2 Å². The molecule has 0 saturated heterocycles. The molecule has 10 heteroatoms. The summed E-state index contributed by atoms with van der Waals surface area (Å²) in [5.41, 5.74) is 0.576. The second-order valence-corrected chi connectivity index (χ2v) is 6.74. The third-order valence-corrected chi connectivity index (χ3v) is 4.42. The molecule has 0 bridgehead atoms. The molecule has 0 amide bonds. The SMILES string of the molecule is C=C(C)c1cccc(-n2nnn(C)c2=O)c1COc1cc(Cl)ccc1C(F)(F)F. The van der Waals surface area contributed by atoms with E-state index in [4.69, 9.17) is 16.3 Å². The molecular weight excluding hydrogens is 409 g/mol. The van der Waals surface area contributed by atoms with Gasteiger partial charge < -0.3 is 4.74 Å². The largest absolute Gasteiger partial charge is 0.488 e. The predicted octanol–water partition coefficient (Wildman–Crippen LogP) is 4.25. The van der Waals surface area contributed by atoms with Gasteiger partial charge in [0.25, 0.3) is 0 Å². The molecule has 3 rings (SSSR count). The number of nitrogens with zero attached hydrogens (tertiary/aromatic N) is 4. The number of rotatable bonds is 5. The highest BCUT2D eigenvalue weighted by Gasteiger charge is 2.34. The number of aromatic nitrogens is 4. The van der Waals surface area contributed by atoms with Gasteiger partial charge in [-0.3, -0.25) is 0 Å². The Bertz CT molecular complexity index is 1140. The Labute approximate surface area is 168 Å². The molecule has 3 aromatic rings. The van der Waals surface area contributed by atoms with Crippen LogP contribution in [0, 0.1) is 0 Å². The molecule has 0 spiro atoms. The van der Waals surface area contributed by atoms with E-state index in [1.54, 1.807) is 25.1 Å². The second-order valence-electron chi connectivity index (χ2n) is 6.31. The highest BCUT2D eigenvalue weighted by molar-refractivity contribution is 6.30. The second kappa shape index (κ2) is 7.75. The fourth-order valence-corrected chi connectivity index (χ4v) is 2.95. The first-order valence-corrected chi connectivity index (χ1v) is 8.74. The van der Waals surface area contributed by atoms with E-state index in [2.05, 4.69) is 17.0 Å². The summed E-state index contributed by atoms with van der Waals surface area (Å²) < 4.78 is 47.5. The Morgan fingerprint density at radius 3 is 2.55 bits per heavy atom. The summed E-state index contributed by atoms with van der Waals surface area (Å²) in [6, 6.07) is 8.12. The van der Waals surface area contributed by atoms with E-state index >= 15 is 0 Å². The number of aryl methyl sites for hydroxylation is 1. The first-order chi connectivity index (χ1) is 13.6. The standard InChI is InChI=1S/C19H16ClF3N4O2/c1-11(2)13-5-4-6-16(27-18(28)26(3)24-25-27)14(13)10-29-17-9-12(20)7-8-15(17)19(21,22)23/h4-9H,1,10H2,2-3H3. The third-order valence-electron chi connectivity index (χ3n) is 4.18. The molecule has 0 atom stereocenters. The van der Waals surface area contributed by atoms with Crippen molar-refractivity contribution in [3.8, 4) is 11.4 Å². The van der Waals surface area contributed by atoms with Gasteiger partial charge in [0, 0.05) is 17.6 Å². The Hall–Kier alpha value is -3.07. The maximum atomic E-state index is 13.3. The summed E-state index contributed by atoms with van der Waals surface area (Å²) >= 11 is 5.85. The Morgan fingerprint density at radius 1 is 1.24 bits per heavy atom. The van der Waals surface area contributed by atoms with Gasteiger partial charge in [-0.05, 0) is 47.2 Å². The van der Waals surface area contributed by atoms with Gasteiger partial charge >= 0.3 is 11.9 Å². The molecule has 1 heterocycles. The monoisotopic (exact) mass is 424 g/mol. The van der Waals surface area contributed by atoms with Crippen molar-refractivity contribution < 1.29 is 17.9 Å². The van der Waals surface area contributed by atoms with Crippen molar-refractivity contribution >= 4 is 17.2 Å². The lowest BCUT2D eigenvalue weighted by Crippen LogP contribution is -2.23. The van der Waals surface area contributed by atoms with Crippen LogP contribution in [0.25, 0.3) is 11.3 Å². The molecule has 0 aliphatic rings. The highest BCUT2D eigenvalue weighted by Crippen LogP contribution is 2.38. The van der Waals surface area contributed by atoms with Crippen LogP contribution in [0.3, 0.4) is 0 Å². The summed E-state index contributed by atoms with van der Waals surface area (Å²) in [5.74, 6) is -0.418. The molecule has 0 radical (unpaired) electrons. The van der Waals surface area contributed by atoms with Crippen molar-refractivity contribution in [3.63, 3.8) is 0 Å². The van der Waals surface area contributed by atoms with Gasteiger partial charge in [-0.25, -0.2) is 4.79 Å². The Balaban J connectivity index is 2.09. The van der Waals surface area contributed by atoms with Crippen molar-refractivity contribution in [3.05, 3.63) is 75.2 Å². The molecule has 0 unspecified atom stereocenters. The van der Waals surface area contributed by atoms with Crippen LogP contribution in [0.2, 0.25) is 5.02 Å². The quantitative estimate of drug-likeness (QED) is 0.614. The molecule has 1 aromatic heterocycles. The van der Waals surface area contributed by atoms with Crippen molar-refractivity contribution in [1.29, 1.82) is 0 Å². The number of benzene rings is 2. The lowest BCUT2D eigenvalue weighted by atomic mass is 10.0. The number of alkyl halides is 3. The first kappa shape index (κ1) is 20.7. The van der Waals surface area contributed by atoms with Gasteiger partial charge in [0.1, 0.15) is 12.4 Å². The van der Waals surface area contributed by atoms with Crippen LogP contribution < -0.4 is 10.4 Å². The van der Waals surface area contributed by atoms with Crippen LogP contribution in [-0.2, 0) is 19.8 Å². The lowest BCUT2D eigenvalue weighted by molar-refractivity contribution is -0.139. The Morgan fingerprint density at radius 2 is 1.97 bits per heavy atom. The van der Waals surface area contributed by atoms with Crippen LogP contribution in [0.5, 0.6) is 5.75 Å². The number of hydrogen-bond acceptors (Lipinski definition) is 4. The average Bonchev–Trinajstić information content (AvgIpc) is 2.97. The number of tetrazole rings is 1. The van der Waals surface area contributed by atoms with E-state index in [1.807, 2.05) is 0 Å². The van der Waals surface area contributed by atoms with Crippen LogP contribution in [0.15, 0.2) is 47.8 Å². The van der Waals surface area contributed by atoms with Crippen molar-refractivity contribution in [2.75, 3.05) is 0 Å². The molecule has 29 heavy (non-hydrogen) atoms. The molecule has 0 aliphatic carbocycles. The maximum Gasteiger partial charge on any atom is 0.419 e. The van der Waals surface area contributed by atoms with Gasteiger partial charge in [-0.15, -0.1) is 0 Å². The summed E-state index contributed by atoms with van der Waals surface area (Å²) in [4.78, 5) is 12.3. The van der Waals surface area contributed by atoms with E-state index < -0.39 is 23.2 Å². The third kappa shape index (κ3) is 4.19. The minimum atomic E-state index is -4.61. The van der Waals surface area contributed by atoms with Gasteiger partial charge in [-0.1, -0.05) is 35.9 Å². The zero-order valence-electron chi connectivity index (χ0n) is 15.5. The smallest absolute Gasteiger partial charge is 0.419 e. The highest BCUT2D eigenvalue weighted by atomic mass is 35.5. The fourth-order valence-electron chi connectivity index (χ4n) is 2.79. The predicted molar refractivity (Wildman–Crippen MR) is 102 cm³/mol. The summed E-state index contributed by atoms with van der Waals surface area (Å²) in [5, 5.41) is 7.58. The zero-order valence-corrected chi connectivity index (χ0v) is 16.3. The van der Waals surface area contributed by atoms with E-state index in [0.29, 0.717) is 22.4 Å². The molecule has 0 N–H and O–H groups in total. The zero-order chi connectivity index (χ0) is 21.3. The van der Waals surface area contributed by atoms with E-state index in [9.17, 15) is 18.0 Å². The van der Waals surface area contributed by atoms with Crippen LogP contribution in [0.1, 0.15) is 23.6 Å². The van der Waals surface area contributed by atoms with E-state index in [0.717, 1.165) is 27.6 Å². The van der Waals surface area contributed by atoms with Crippen molar-refractivity contribution in [2.24, 2.45) is 7.05 Å². The summed E-state index contributed by atoms with van der Waals surface area (Å²) in [6.07, 6.45) is -4.61. The van der Waals surface area contributed by atoms with Crippen molar-refractivity contribution in [2.45, 2.75) is 19.7 Å². The number of ether oxygens (including phenoxy) is 1. The normalized spacial score (nSPS) is 11.5. The summed E-state index contributed by atoms with van der Waals surface area (Å²) in [6.45, 7) is 5.35. The van der Waals surface area contributed by atoms with Crippen molar-refractivity contribution in [1.82, 2.24) is 19.8 Å². The van der Waals surface area contributed by atoms with Gasteiger partial charge in [0.15, 0.2) is 0 Å². The molecular formula is C19H16ClF3N4O2. The van der Waals surface area contributed by atoms with E-state index in [1.165, 1.54) is 7.05 Å². The van der Waals surface area contributed by atoms with Gasteiger partial charge in [-0.2, -0.15) is 22.5 Å². The molecule has 0 fully saturated rings. The van der Waals surface area contributed by atoms with E-state index in [-0.39, 0.29) is 11.6 Å². The summed E-state index contributed by atoms with van der Waals surface area (Å²) in [7, 11) is 1.44. The van der Waals surface area contributed by atoms with Crippen LogP contribution >= 0.6 is 11.6 Å². The average molecular weight is 425 g/mol. The minimum absolute atomic E-state index is 0.103.